The maximum absolute atomic E-state index is 3.54. The van der Waals surface area contributed by atoms with Crippen molar-refractivity contribution < 1.29 is 0 Å². The van der Waals surface area contributed by atoms with E-state index in [2.05, 4.69) is 43.5 Å². The molecular formula is C14H20N2. The van der Waals surface area contributed by atoms with Crippen molar-refractivity contribution in [2.24, 2.45) is 0 Å². The molecule has 1 aromatic carbocycles. The summed E-state index contributed by atoms with van der Waals surface area (Å²) in [6.45, 7) is 9.04. The lowest BCUT2D eigenvalue weighted by atomic mass is 9.79. The third kappa shape index (κ3) is 1.40. The summed E-state index contributed by atoms with van der Waals surface area (Å²) >= 11 is 0. The number of hydrogen-bond acceptors (Lipinski definition) is 2. The van der Waals surface area contributed by atoms with Gasteiger partial charge in [0.2, 0.25) is 0 Å². The summed E-state index contributed by atoms with van der Waals surface area (Å²) in [6.07, 6.45) is 1.58. The zero-order valence-corrected chi connectivity index (χ0v) is 10.4. The predicted octanol–water partition coefficient (Wildman–Crippen LogP) is 2.23. The van der Waals surface area contributed by atoms with Crippen molar-refractivity contribution in [1.82, 2.24) is 10.6 Å². The SMILES string of the molecule is CC(C)(C)c1ccc2c3c1CCN[C@@H]3NC2. The molecule has 0 aromatic heterocycles. The highest BCUT2D eigenvalue weighted by molar-refractivity contribution is 5.49. The lowest BCUT2D eigenvalue weighted by Crippen LogP contribution is -2.35. The molecule has 0 saturated heterocycles. The fourth-order valence-corrected chi connectivity index (χ4v) is 3.03. The molecule has 1 atom stereocenters. The van der Waals surface area contributed by atoms with Gasteiger partial charge in [-0.05, 0) is 34.1 Å². The Morgan fingerprint density at radius 1 is 1.19 bits per heavy atom. The summed E-state index contributed by atoms with van der Waals surface area (Å²) in [4.78, 5) is 0. The van der Waals surface area contributed by atoms with Gasteiger partial charge in [0.25, 0.3) is 0 Å². The Labute approximate surface area is 97.4 Å². The monoisotopic (exact) mass is 216 g/mol. The highest BCUT2D eigenvalue weighted by Gasteiger charge is 2.31. The average molecular weight is 216 g/mol. The van der Waals surface area contributed by atoms with Crippen LogP contribution >= 0.6 is 0 Å². The van der Waals surface area contributed by atoms with Crippen LogP contribution in [0, 0.1) is 0 Å². The molecule has 0 bridgehead atoms. The third-order valence-corrected chi connectivity index (χ3v) is 3.76. The molecule has 0 fully saturated rings. The molecule has 0 unspecified atom stereocenters. The van der Waals surface area contributed by atoms with Crippen LogP contribution in [-0.2, 0) is 18.4 Å². The van der Waals surface area contributed by atoms with Crippen LogP contribution in [-0.4, -0.2) is 6.54 Å². The average Bonchev–Trinajstić information content (AvgIpc) is 2.63. The van der Waals surface area contributed by atoms with E-state index >= 15 is 0 Å². The second kappa shape index (κ2) is 3.31. The molecule has 2 aliphatic heterocycles. The summed E-state index contributed by atoms with van der Waals surface area (Å²) in [5.74, 6) is 0. The maximum Gasteiger partial charge on any atom is 0.0844 e. The summed E-state index contributed by atoms with van der Waals surface area (Å²) < 4.78 is 0. The molecule has 0 aliphatic carbocycles. The number of hydrogen-bond donors (Lipinski definition) is 2. The first kappa shape index (κ1) is 10.3. The van der Waals surface area contributed by atoms with Gasteiger partial charge in [-0.15, -0.1) is 0 Å². The summed E-state index contributed by atoms with van der Waals surface area (Å²) in [7, 11) is 0. The second-order valence-corrected chi connectivity index (χ2v) is 5.93. The summed E-state index contributed by atoms with van der Waals surface area (Å²) in [5.41, 5.74) is 6.41. The third-order valence-electron chi connectivity index (χ3n) is 3.76. The molecule has 0 saturated carbocycles. The minimum atomic E-state index is 0.259. The quantitative estimate of drug-likeness (QED) is 0.695. The van der Waals surface area contributed by atoms with Crippen LogP contribution in [0.25, 0.3) is 0 Å². The maximum atomic E-state index is 3.54. The lowest BCUT2D eigenvalue weighted by molar-refractivity contribution is 0.448. The molecule has 0 amide bonds. The molecule has 2 heterocycles. The molecule has 2 N–H and O–H groups in total. The Kier molecular flexibility index (Phi) is 2.13. The minimum absolute atomic E-state index is 0.259. The van der Waals surface area contributed by atoms with E-state index in [1.807, 2.05) is 0 Å². The largest absolute Gasteiger partial charge is 0.298 e. The molecule has 0 spiro atoms. The van der Waals surface area contributed by atoms with Gasteiger partial charge in [-0.1, -0.05) is 32.9 Å². The molecule has 3 rings (SSSR count). The first-order valence-corrected chi connectivity index (χ1v) is 6.19. The fourth-order valence-electron chi connectivity index (χ4n) is 3.03. The Hall–Kier alpha value is -0.860. The van der Waals surface area contributed by atoms with Crippen LogP contribution in [0.1, 0.15) is 49.2 Å². The van der Waals surface area contributed by atoms with Crippen LogP contribution < -0.4 is 10.6 Å². The minimum Gasteiger partial charge on any atom is -0.298 e. The molecular weight excluding hydrogens is 196 g/mol. The van der Waals surface area contributed by atoms with Crippen molar-refractivity contribution in [1.29, 1.82) is 0 Å². The van der Waals surface area contributed by atoms with Crippen molar-refractivity contribution in [2.45, 2.75) is 45.3 Å². The highest BCUT2D eigenvalue weighted by Crippen LogP contribution is 2.36. The van der Waals surface area contributed by atoms with E-state index in [0.29, 0.717) is 6.17 Å². The van der Waals surface area contributed by atoms with Gasteiger partial charge in [0.1, 0.15) is 0 Å². The van der Waals surface area contributed by atoms with E-state index in [1.165, 1.54) is 17.5 Å². The van der Waals surface area contributed by atoms with Crippen LogP contribution in [0.3, 0.4) is 0 Å². The Morgan fingerprint density at radius 3 is 2.75 bits per heavy atom. The van der Waals surface area contributed by atoms with Gasteiger partial charge < -0.3 is 0 Å². The smallest absolute Gasteiger partial charge is 0.0844 e. The number of rotatable bonds is 0. The van der Waals surface area contributed by atoms with Crippen molar-refractivity contribution in [3.05, 3.63) is 34.4 Å². The van der Waals surface area contributed by atoms with Gasteiger partial charge in [-0.2, -0.15) is 0 Å². The Balaban J connectivity index is 2.21. The topological polar surface area (TPSA) is 24.1 Å². The number of nitrogens with one attached hydrogen (secondary N) is 2. The Morgan fingerprint density at radius 2 is 2.00 bits per heavy atom. The predicted molar refractivity (Wildman–Crippen MR) is 66.4 cm³/mol. The normalized spacial score (nSPS) is 23.3. The van der Waals surface area contributed by atoms with Crippen molar-refractivity contribution in [2.75, 3.05) is 6.54 Å². The first-order valence-electron chi connectivity index (χ1n) is 6.19. The van der Waals surface area contributed by atoms with Gasteiger partial charge in [-0.25, -0.2) is 0 Å². The molecule has 86 valence electrons. The van der Waals surface area contributed by atoms with Crippen LogP contribution in [0.5, 0.6) is 0 Å². The number of benzene rings is 1. The zero-order chi connectivity index (χ0) is 11.3. The molecule has 1 aromatic rings. The molecule has 2 heteroatoms. The molecule has 0 radical (unpaired) electrons. The molecule has 16 heavy (non-hydrogen) atoms. The van der Waals surface area contributed by atoms with Crippen LogP contribution in [0.15, 0.2) is 12.1 Å². The Bertz CT molecular complexity index is 429. The zero-order valence-electron chi connectivity index (χ0n) is 10.4. The van der Waals surface area contributed by atoms with E-state index in [-0.39, 0.29) is 5.41 Å². The van der Waals surface area contributed by atoms with Crippen LogP contribution in [0.4, 0.5) is 0 Å². The van der Waals surface area contributed by atoms with Gasteiger partial charge in [0, 0.05) is 13.1 Å². The molecule has 2 nitrogen and oxygen atoms in total. The summed E-state index contributed by atoms with van der Waals surface area (Å²) in [5, 5.41) is 7.08. The lowest BCUT2D eigenvalue weighted by Gasteiger charge is -2.30. The van der Waals surface area contributed by atoms with E-state index < -0.39 is 0 Å². The van der Waals surface area contributed by atoms with Crippen LogP contribution in [0.2, 0.25) is 0 Å². The van der Waals surface area contributed by atoms with Gasteiger partial charge in [0.15, 0.2) is 0 Å². The van der Waals surface area contributed by atoms with Crippen molar-refractivity contribution >= 4 is 0 Å². The van der Waals surface area contributed by atoms with Crippen molar-refractivity contribution in [3.8, 4) is 0 Å². The fraction of sp³-hybridized carbons (Fsp3) is 0.571. The van der Waals surface area contributed by atoms with E-state index in [1.54, 1.807) is 11.1 Å². The van der Waals surface area contributed by atoms with E-state index in [0.717, 1.165) is 13.1 Å². The van der Waals surface area contributed by atoms with E-state index in [9.17, 15) is 0 Å². The standard InChI is InChI=1S/C14H20N2/c1-14(2,3)11-5-4-9-8-16-13-12(9)10(11)6-7-15-13/h4-5,13,15-16H,6-8H2,1-3H3/t13-/m1/s1. The van der Waals surface area contributed by atoms with E-state index in [4.69, 9.17) is 0 Å². The van der Waals surface area contributed by atoms with Gasteiger partial charge in [0.05, 0.1) is 6.17 Å². The van der Waals surface area contributed by atoms with Crippen molar-refractivity contribution in [3.63, 3.8) is 0 Å². The molecule has 2 aliphatic rings. The summed E-state index contributed by atoms with van der Waals surface area (Å²) in [6, 6.07) is 4.64. The van der Waals surface area contributed by atoms with Gasteiger partial charge in [-0.3, -0.25) is 10.6 Å². The second-order valence-electron chi connectivity index (χ2n) is 5.93. The highest BCUT2D eigenvalue weighted by atomic mass is 15.1. The van der Waals surface area contributed by atoms with Gasteiger partial charge >= 0.3 is 0 Å². The first-order chi connectivity index (χ1) is 7.57.